The van der Waals surface area contributed by atoms with Crippen molar-refractivity contribution in [2.75, 3.05) is 6.54 Å². The molecule has 2 N–H and O–H groups in total. The first-order valence-corrected chi connectivity index (χ1v) is 11.5. The molecule has 4 rings (SSSR count). The Morgan fingerprint density at radius 1 is 0.938 bits per heavy atom. The van der Waals surface area contributed by atoms with E-state index in [0.717, 1.165) is 31.4 Å². The summed E-state index contributed by atoms with van der Waals surface area (Å²) in [5.41, 5.74) is 6.86. The van der Waals surface area contributed by atoms with Gasteiger partial charge in [-0.1, -0.05) is 72.8 Å². The van der Waals surface area contributed by atoms with Gasteiger partial charge in [0.25, 0.3) is 0 Å². The predicted octanol–water partition coefficient (Wildman–Crippen LogP) is 7.15. The standard InChI is InChI=1S/C29H33NO.ClH/c1-22(30-19-18-23-10-4-2-5-11-23)28-17-9-14-25(24-12-6-3-7-13-24)21-29(28)26-15-8-16-27(31)20-26;/h2-8,10-13,15-16,20,22,25,30-31H,9,14,17-19,21H2,1H3;1H. The van der Waals surface area contributed by atoms with Crippen LogP contribution < -0.4 is 5.32 Å². The molecule has 2 nitrogen and oxygen atoms in total. The van der Waals surface area contributed by atoms with E-state index in [1.807, 2.05) is 12.1 Å². The lowest BCUT2D eigenvalue weighted by Gasteiger charge is -2.23. The molecule has 0 amide bonds. The smallest absolute Gasteiger partial charge is 0.116 e. The van der Waals surface area contributed by atoms with Crippen LogP contribution in [0.2, 0.25) is 0 Å². The number of nitrogens with one attached hydrogen (secondary N) is 1. The van der Waals surface area contributed by atoms with E-state index in [9.17, 15) is 5.11 Å². The normalized spacial score (nSPS) is 17.3. The number of allylic oxidation sites excluding steroid dienone is 1. The lowest BCUT2D eigenvalue weighted by molar-refractivity contribution is 0.475. The van der Waals surface area contributed by atoms with Crippen LogP contribution in [-0.2, 0) is 6.42 Å². The summed E-state index contributed by atoms with van der Waals surface area (Å²) in [4.78, 5) is 0. The molecule has 0 saturated heterocycles. The largest absolute Gasteiger partial charge is 0.508 e. The van der Waals surface area contributed by atoms with Crippen LogP contribution in [0.3, 0.4) is 0 Å². The maximum Gasteiger partial charge on any atom is 0.116 e. The minimum atomic E-state index is 0. The van der Waals surface area contributed by atoms with Crippen molar-refractivity contribution in [3.63, 3.8) is 0 Å². The second-order valence-electron chi connectivity index (χ2n) is 8.67. The van der Waals surface area contributed by atoms with Crippen molar-refractivity contribution in [3.8, 4) is 5.75 Å². The fourth-order valence-electron chi connectivity index (χ4n) is 4.85. The Hall–Kier alpha value is -2.55. The minimum Gasteiger partial charge on any atom is -0.508 e. The first kappa shape index (κ1) is 24.1. The molecule has 3 aromatic carbocycles. The molecule has 2 atom stereocenters. The van der Waals surface area contributed by atoms with E-state index >= 15 is 0 Å². The molecule has 0 saturated carbocycles. The average molecular weight is 448 g/mol. The van der Waals surface area contributed by atoms with Gasteiger partial charge < -0.3 is 10.4 Å². The van der Waals surface area contributed by atoms with Crippen LogP contribution in [0.5, 0.6) is 5.75 Å². The van der Waals surface area contributed by atoms with Gasteiger partial charge in [0.1, 0.15) is 5.75 Å². The quantitative estimate of drug-likeness (QED) is 0.403. The molecule has 3 aromatic rings. The number of aromatic hydroxyl groups is 1. The molecule has 2 unspecified atom stereocenters. The summed E-state index contributed by atoms with van der Waals surface area (Å²) in [6.07, 6.45) is 5.56. The van der Waals surface area contributed by atoms with Crippen molar-refractivity contribution in [1.82, 2.24) is 5.32 Å². The van der Waals surface area contributed by atoms with Crippen LogP contribution in [0.4, 0.5) is 0 Å². The highest BCUT2D eigenvalue weighted by Gasteiger charge is 2.24. The van der Waals surface area contributed by atoms with Gasteiger partial charge in [-0.2, -0.15) is 0 Å². The summed E-state index contributed by atoms with van der Waals surface area (Å²) in [7, 11) is 0. The Balaban J connectivity index is 0.00000289. The van der Waals surface area contributed by atoms with E-state index < -0.39 is 0 Å². The molecule has 1 aliphatic carbocycles. The van der Waals surface area contributed by atoms with Gasteiger partial charge in [0, 0.05) is 6.04 Å². The van der Waals surface area contributed by atoms with Crippen molar-refractivity contribution in [2.24, 2.45) is 0 Å². The molecule has 168 valence electrons. The number of hydrogen-bond donors (Lipinski definition) is 2. The molecule has 0 radical (unpaired) electrons. The monoisotopic (exact) mass is 447 g/mol. The van der Waals surface area contributed by atoms with Crippen LogP contribution in [0.25, 0.3) is 5.57 Å². The SMILES string of the molecule is CC(NCCc1ccccc1)C1=C(c2cccc(O)c2)CC(c2ccccc2)CCC1.Cl. The Labute approximate surface area is 198 Å². The topological polar surface area (TPSA) is 32.3 Å². The van der Waals surface area contributed by atoms with Gasteiger partial charge >= 0.3 is 0 Å². The molecule has 0 spiro atoms. The Bertz CT molecular complexity index is 1000. The Kier molecular flexibility index (Phi) is 8.96. The van der Waals surface area contributed by atoms with E-state index in [-0.39, 0.29) is 12.4 Å². The summed E-state index contributed by atoms with van der Waals surface area (Å²) >= 11 is 0. The Morgan fingerprint density at radius 2 is 1.66 bits per heavy atom. The van der Waals surface area contributed by atoms with Gasteiger partial charge in [-0.15, -0.1) is 12.4 Å². The fourth-order valence-corrected chi connectivity index (χ4v) is 4.85. The van der Waals surface area contributed by atoms with Crippen LogP contribution in [-0.4, -0.2) is 17.7 Å². The maximum atomic E-state index is 10.2. The molecule has 0 fully saturated rings. The van der Waals surface area contributed by atoms with Crippen LogP contribution in [0.15, 0.2) is 90.5 Å². The summed E-state index contributed by atoms with van der Waals surface area (Å²) in [6, 6.07) is 29.7. The molecule has 32 heavy (non-hydrogen) atoms. The van der Waals surface area contributed by atoms with Crippen LogP contribution in [0.1, 0.15) is 55.2 Å². The second-order valence-corrected chi connectivity index (χ2v) is 8.67. The molecule has 0 aromatic heterocycles. The van der Waals surface area contributed by atoms with E-state index in [2.05, 4.69) is 79.0 Å². The molecule has 0 bridgehead atoms. The lowest BCUT2D eigenvalue weighted by Crippen LogP contribution is -2.30. The maximum absolute atomic E-state index is 10.2. The van der Waals surface area contributed by atoms with Gasteiger partial charge in [-0.05, 0) is 91.5 Å². The van der Waals surface area contributed by atoms with Crippen molar-refractivity contribution in [2.45, 2.75) is 51.0 Å². The Morgan fingerprint density at radius 3 is 2.38 bits per heavy atom. The number of hydrogen-bond acceptors (Lipinski definition) is 2. The van der Waals surface area contributed by atoms with E-state index in [1.165, 1.54) is 35.1 Å². The number of benzene rings is 3. The first-order valence-electron chi connectivity index (χ1n) is 11.5. The third kappa shape index (κ3) is 6.25. The highest BCUT2D eigenvalue weighted by molar-refractivity contribution is 5.85. The van der Waals surface area contributed by atoms with Gasteiger partial charge in [0.15, 0.2) is 0 Å². The molecule has 0 heterocycles. The number of phenolic OH excluding ortho intramolecular Hbond substituents is 1. The highest BCUT2D eigenvalue weighted by Crippen LogP contribution is 2.40. The van der Waals surface area contributed by atoms with Gasteiger partial charge in [-0.3, -0.25) is 0 Å². The third-order valence-electron chi connectivity index (χ3n) is 6.53. The van der Waals surface area contributed by atoms with Crippen molar-refractivity contribution < 1.29 is 5.11 Å². The number of phenols is 1. The molecular formula is C29H34ClNO. The van der Waals surface area contributed by atoms with Crippen LogP contribution in [0, 0.1) is 0 Å². The lowest BCUT2D eigenvalue weighted by atomic mass is 9.86. The molecule has 0 aliphatic heterocycles. The van der Waals surface area contributed by atoms with Crippen molar-refractivity contribution in [1.29, 1.82) is 0 Å². The van der Waals surface area contributed by atoms with E-state index in [0.29, 0.717) is 17.7 Å². The predicted molar refractivity (Wildman–Crippen MR) is 138 cm³/mol. The minimum absolute atomic E-state index is 0. The van der Waals surface area contributed by atoms with Crippen molar-refractivity contribution in [3.05, 3.63) is 107 Å². The average Bonchev–Trinajstić information content (AvgIpc) is 3.04. The fraction of sp³-hybridized carbons (Fsp3) is 0.310. The van der Waals surface area contributed by atoms with Crippen LogP contribution >= 0.6 is 12.4 Å². The third-order valence-corrected chi connectivity index (χ3v) is 6.53. The zero-order valence-corrected chi connectivity index (χ0v) is 19.7. The summed E-state index contributed by atoms with van der Waals surface area (Å²) in [5.74, 6) is 0.863. The van der Waals surface area contributed by atoms with E-state index in [1.54, 1.807) is 6.07 Å². The summed E-state index contributed by atoms with van der Waals surface area (Å²) < 4.78 is 0. The van der Waals surface area contributed by atoms with Gasteiger partial charge in [-0.25, -0.2) is 0 Å². The zero-order chi connectivity index (χ0) is 21.5. The van der Waals surface area contributed by atoms with Gasteiger partial charge in [0.2, 0.25) is 0 Å². The number of rotatable bonds is 7. The first-order chi connectivity index (χ1) is 15.2. The van der Waals surface area contributed by atoms with E-state index in [4.69, 9.17) is 0 Å². The van der Waals surface area contributed by atoms with Crippen molar-refractivity contribution >= 4 is 18.0 Å². The summed E-state index contributed by atoms with van der Waals surface area (Å²) in [6.45, 7) is 3.26. The second kappa shape index (κ2) is 11.9. The molecular weight excluding hydrogens is 414 g/mol. The zero-order valence-electron chi connectivity index (χ0n) is 18.8. The number of halogens is 1. The molecule has 1 aliphatic rings. The molecule has 3 heteroatoms. The van der Waals surface area contributed by atoms with Gasteiger partial charge in [0.05, 0.1) is 0 Å². The highest BCUT2D eigenvalue weighted by atomic mass is 35.5. The summed E-state index contributed by atoms with van der Waals surface area (Å²) in [5, 5.41) is 13.9.